The lowest BCUT2D eigenvalue weighted by Crippen LogP contribution is -2.38. The zero-order chi connectivity index (χ0) is 14.4. The molecule has 0 spiro atoms. The number of halogens is 1. The summed E-state index contributed by atoms with van der Waals surface area (Å²) in [4.78, 5) is 14.1. The lowest BCUT2D eigenvalue weighted by Gasteiger charge is -2.26. The monoisotopic (exact) mass is 281 g/mol. The quantitative estimate of drug-likeness (QED) is 0.620. The molecule has 1 fully saturated rings. The Hall–Kier alpha value is -1.66. The molecule has 1 aliphatic rings. The molecule has 1 aliphatic heterocycles. The van der Waals surface area contributed by atoms with E-state index in [9.17, 15) is 9.18 Å². The van der Waals surface area contributed by atoms with Crippen molar-refractivity contribution in [2.75, 3.05) is 45.1 Å². The maximum atomic E-state index is 13.5. The first-order valence-corrected chi connectivity index (χ1v) is 6.80. The van der Waals surface area contributed by atoms with Gasteiger partial charge in [0.15, 0.2) is 0 Å². The van der Waals surface area contributed by atoms with Gasteiger partial charge in [0.05, 0.1) is 18.8 Å². The molecule has 0 atom stereocenters. The maximum Gasteiger partial charge on any atom is 0.254 e. The molecule has 1 aromatic carbocycles. The molecular formula is C14H20FN3O2. The van der Waals surface area contributed by atoms with Crippen molar-refractivity contribution < 1.29 is 13.9 Å². The van der Waals surface area contributed by atoms with Gasteiger partial charge >= 0.3 is 0 Å². The minimum atomic E-state index is -0.551. The summed E-state index contributed by atoms with van der Waals surface area (Å²) in [6, 6.07) is 4.00. The van der Waals surface area contributed by atoms with Gasteiger partial charge in [-0.2, -0.15) is 0 Å². The number of anilines is 1. The van der Waals surface area contributed by atoms with Gasteiger partial charge in [0.25, 0.3) is 5.91 Å². The van der Waals surface area contributed by atoms with Crippen molar-refractivity contribution in [3.63, 3.8) is 0 Å². The Kier molecular flexibility index (Phi) is 5.31. The van der Waals surface area contributed by atoms with Crippen molar-refractivity contribution in [1.29, 1.82) is 0 Å². The number of nitrogens with zero attached hydrogens (tertiary/aromatic N) is 1. The number of morpholine rings is 1. The number of carbonyl (C=O) groups is 1. The molecule has 3 N–H and O–H groups in total. The molecule has 110 valence electrons. The molecule has 5 nitrogen and oxygen atoms in total. The summed E-state index contributed by atoms with van der Waals surface area (Å²) in [5.74, 6) is -0.971. The van der Waals surface area contributed by atoms with Crippen LogP contribution in [0.15, 0.2) is 18.2 Å². The highest BCUT2D eigenvalue weighted by molar-refractivity contribution is 5.95. The summed E-state index contributed by atoms with van der Waals surface area (Å²) >= 11 is 0. The predicted molar refractivity (Wildman–Crippen MR) is 75.0 cm³/mol. The maximum absolute atomic E-state index is 13.5. The van der Waals surface area contributed by atoms with Gasteiger partial charge in [-0.15, -0.1) is 0 Å². The minimum Gasteiger partial charge on any atom is -0.399 e. The van der Waals surface area contributed by atoms with E-state index in [1.54, 1.807) is 0 Å². The third-order valence-electron chi connectivity index (χ3n) is 3.28. The SMILES string of the molecule is Nc1ccc(F)c(C(=O)NCCCN2CCOCC2)c1. The Bertz CT molecular complexity index is 462. The molecule has 1 saturated heterocycles. The van der Waals surface area contributed by atoms with E-state index in [0.29, 0.717) is 12.2 Å². The zero-order valence-electron chi connectivity index (χ0n) is 11.4. The van der Waals surface area contributed by atoms with Crippen LogP contribution < -0.4 is 11.1 Å². The molecule has 6 heteroatoms. The van der Waals surface area contributed by atoms with Crippen LogP contribution in [0.5, 0.6) is 0 Å². The normalized spacial score (nSPS) is 16.1. The number of carbonyl (C=O) groups excluding carboxylic acids is 1. The van der Waals surface area contributed by atoms with Crippen LogP contribution in [0.3, 0.4) is 0 Å². The van der Waals surface area contributed by atoms with Crippen molar-refractivity contribution in [2.45, 2.75) is 6.42 Å². The Balaban J connectivity index is 1.73. The molecule has 0 aliphatic carbocycles. The van der Waals surface area contributed by atoms with Crippen molar-refractivity contribution in [2.24, 2.45) is 0 Å². The molecule has 0 bridgehead atoms. The van der Waals surface area contributed by atoms with Gasteiger partial charge in [-0.05, 0) is 31.2 Å². The molecule has 1 amide bonds. The van der Waals surface area contributed by atoms with E-state index in [0.717, 1.165) is 39.3 Å². The van der Waals surface area contributed by atoms with Crippen LogP contribution in [0, 0.1) is 5.82 Å². The smallest absolute Gasteiger partial charge is 0.254 e. The number of rotatable bonds is 5. The average molecular weight is 281 g/mol. The summed E-state index contributed by atoms with van der Waals surface area (Å²) < 4.78 is 18.7. The van der Waals surface area contributed by atoms with Gasteiger partial charge in [-0.25, -0.2) is 4.39 Å². The highest BCUT2D eigenvalue weighted by atomic mass is 19.1. The molecule has 0 radical (unpaired) electrons. The van der Waals surface area contributed by atoms with Gasteiger partial charge in [0.1, 0.15) is 5.82 Å². The Morgan fingerprint density at radius 1 is 1.40 bits per heavy atom. The number of benzene rings is 1. The summed E-state index contributed by atoms with van der Waals surface area (Å²) in [7, 11) is 0. The molecule has 2 rings (SSSR count). The number of ether oxygens (including phenoxy) is 1. The fraction of sp³-hybridized carbons (Fsp3) is 0.500. The highest BCUT2D eigenvalue weighted by Crippen LogP contribution is 2.11. The van der Waals surface area contributed by atoms with Crippen LogP contribution in [-0.4, -0.2) is 50.2 Å². The fourth-order valence-electron chi connectivity index (χ4n) is 2.14. The van der Waals surface area contributed by atoms with E-state index in [1.807, 2.05) is 0 Å². The van der Waals surface area contributed by atoms with Crippen LogP contribution in [0.25, 0.3) is 0 Å². The number of nitrogens with one attached hydrogen (secondary N) is 1. The summed E-state index contributed by atoms with van der Waals surface area (Å²) in [5, 5.41) is 2.71. The highest BCUT2D eigenvalue weighted by Gasteiger charge is 2.12. The second-order valence-corrected chi connectivity index (χ2v) is 4.80. The van der Waals surface area contributed by atoms with E-state index in [1.165, 1.54) is 18.2 Å². The summed E-state index contributed by atoms with van der Waals surface area (Å²) in [6.45, 7) is 4.81. The van der Waals surface area contributed by atoms with Crippen molar-refractivity contribution in [3.8, 4) is 0 Å². The summed E-state index contributed by atoms with van der Waals surface area (Å²) in [5.41, 5.74) is 5.93. The first kappa shape index (κ1) is 14.7. The standard InChI is InChI=1S/C14H20FN3O2/c15-13-3-2-11(16)10-12(13)14(19)17-4-1-5-18-6-8-20-9-7-18/h2-3,10H,1,4-9,16H2,(H,17,19). The first-order valence-electron chi connectivity index (χ1n) is 6.80. The molecule has 20 heavy (non-hydrogen) atoms. The van der Waals surface area contributed by atoms with Crippen molar-refractivity contribution in [3.05, 3.63) is 29.6 Å². The first-order chi connectivity index (χ1) is 9.66. The van der Waals surface area contributed by atoms with Crippen LogP contribution in [0.1, 0.15) is 16.8 Å². The Morgan fingerprint density at radius 2 is 2.15 bits per heavy atom. The predicted octanol–water partition coefficient (Wildman–Crippen LogP) is 0.860. The topological polar surface area (TPSA) is 67.6 Å². The number of nitrogen functional groups attached to an aromatic ring is 1. The van der Waals surface area contributed by atoms with E-state index < -0.39 is 11.7 Å². The van der Waals surface area contributed by atoms with Gasteiger partial charge in [0, 0.05) is 25.3 Å². The van der Waals surface area contributed by atoms with Crippen LogP contribution in [0.4, 0.5) is 10.1 Å². The van der Waals surface area contributed by atoms with Crippen molar-refractivity contribution in [1.82, 2.24) is 10.2 Å². The number of hydrogen-bond donors (Lipinski definition) is 2. The third-order valence-corrected chi connectivity index (χ3v) is 3.28. The molecule has 0 saturated carbocycles. The van der Waals surface area contributed by atoms with E-state index in [2.05, 4.69) is 10.2 Å². The van der Waals surface area contributed by atoms with Crippen LogP contribution >= 0.6 is 0 Å². The van der Waals surface area contributed by atoms with E-state index >= 15 is 0 Å². The van der Waals surface area contributed by atoms with Crippen molar-refractivity contribution >= 4 is 11.6 Å². The lowest BCUT2D eigenvalue weighted by atomic mass is 10.1. The molecule has 1 aromatic rings. The minimum absolute atomic E-state index is 0.00336. The van der Waals surface area contributed by atoms with Gasteiger partial charge in [-0.3, -0.25) is 9.69 Å². The molecule has 0 unspecified atom stereocenters. The fourth-order valence-corrected chi connectivity index (χ4v) is 2.14. The van der Waals surface area contributed by atoms with Crippen LogP contribution in [0.2, 0.25) is 0 Å². The Labute approximate surface area is 117 Å². The zero-order valence-corrected chi connectivity index (χ0v) is 11.4. The second kappa shape index (κ2) is 7.21. The van der Waals surface area contributed by atoms with Gasteiger partial charge < -0.3 is 15.8 Å². The van der Waals surface area contributed by atoms with Gasteiger partial charge in [-0.1, -0.05) is 0 Å². The molecule has 1 heterocycles. The van der Waals surface area contributed by atoms with E-state index in [4.69, 9.17) is 10.5 Å². The Morgan fingerprint density at radius 3 is 2.90 bits per heavy atom. The van der Waals surface area contributed by atoms with Gasteiger partial charge in [0.2, 0.25) is 0 Å². The lowest BCUT2D eigenvalue weighted by molar-refractivity contribution is 0.0374. The number of nitrogens with two attached hydrogens (primary N) is 1. The third kappa shape index (κ3) is 4.18. The average Bonchev–Trinajstić information content (AvgIpc) is 2.47. The summed E-state index contributed by atoms with van der Waals surface area (Å²) in [6.07, 6.45) is 0.829. The largest absolute Gasteiger partial charge is 0.399 e. The number of hydrogen-bond acceptors (Lipinski definition) is 4. The molecular weight excluding hydrogens is 261 g/mol. The number of amides is 1. The second-order valence-electron chi connectivity index (χ2n) is 4.80. The van der Waals surface area contributed by atoms with E-state index in [-0.39, 0.29) is 5.56 Å². The molecule has 0 aromatic heterocycles. The van der Waals surface area contributed by atoms with Crippen LogP contribution in [-0.2, 0) is 4.74 Å².